The second-order valence-corrected chi connectivity index (χ2v) is 6.40. The Balaban J connectivity index is 3.42. The average Bonchev–Trinajstić information content (AvgIpc) is 2.11. The molecular weight excluding hydrogens is 174 g/mol. The molecule has 0 aromatic heterocycles. The predicted molar refractivity (Wildman–Crippen MR) is 65.2 cm³/mol. The van der Waals surface area contributed by atoms with Crippen LogP contribution in [-0.2, 0) is 0 Å². The molecule has 0 aliphatic heterocycles. The smallest absolute Gasteiger partial charge is 0.0491 e. The quantitative estimate of drug-likeness (QED) is 0.468. The molecule has 0 aliphatic rings. The van der Waals surface area contributed by atoms with Gasteiger partial charge in [0.15, 0.2) is 0 Å². The zero-order valence-electron chi connectivity index (χ0n) is 9.98. The summed E-state index contributed by atoms with van der Waals surface area (Å²) in [5.74, 6) is 0. The summed E-state index contributed by atoms with van der Waals surface area (Å²) < 4.78 is 0. The van der Waals surface area contributed by atoms with Crippen LogP contribution in [0.1, 0.15) is 34.1 Å². The zero-order valence-corrected chi connectivity index (χ0v) is 11.4. The van der Waals surface area contributed by atoms with Crippen molar-refractivity contribution in [2.24, 2.45) is 0 Å². The van der Waals surface area contributed by atoms with Crippen molar-refractivity contribution in [2.75, 3.05) is 20.1 Å². The summed E-state index contributed by atoms with van der Waals surface area (Å²) >= 11 is 0. The molecule has 0 rings (SSSR count). The van der Waals surface area contributed by atoms with Gasteiger partial charge in [-0.3, -0.25) is 0 Å². The maximum Gasteiger partial charge on any atom is 0.0491 e. The van der Waals surface area contributed by atoms with Crippen LogP contribution in [0.2, 0.25) is 6.04 Å². The lowest BCUT2D eigenvalue weighted by Gasteiger charge is -2.13. The third-order valence-electron chi connectivity index (χ3n) is 2.73. The molecule has 0 atom stereocenters. The second kappa shape index (κ2) is 7.33. The number of hydrogen-bond donors (Lipinski definition) is 0. The summed E-state index contributed by atoms with van der Waals surface area (Å²) in [4.78, 5) is 2.40. The predicted octanol–water partition coefficient (Wildman–Crippen LogP) is 2.23. The van der Waals surface area contributed by atoms with Gasteiger partial charge in [-0.25, -0.2) is 0 Å². The standard InChI is InChI=1S/C11H25NSi/c1-6-12(5)8-7-9-13-11(4)10(2)3/h6-9,13H2,1-5H3. The summed E-state index contributed by atoms with van der Waals surface area (Å²) in [5, 5.41) is 1.71. The Morgan fingerprint density at radius 2 is 1.85 bits per heavy atom. The Bertz CT molecular complexity index is 159. The van der Waals surface area contributed by atoms with E-state index in [1.807, 2.05) is 0 Å². The van der Waals surface area contributed by atoms with E-state index in [4.69, 9.17) is 0 Å². The SMILES string of the molecule is CCN(C)CCC[SiH2]C(C)=C(C)C. The van der Waals surface area contributed by atoms with E-state index in [-0.39, 0.29) is 9.52 Å². The zero-order chi connectivity index (χ0) is 10.3. The van der Waals surface area contributed by atoms with Crippen molar-refractivity contribution in [1.82, 2.24) is 4.90 Å². The van der Waals surface area contributed by atoms with E-state index in [2.05, 4.69) is 39.6 Å². The summed E-state index contributed by atoms with van der Waals surface area (Å²) in [5.41, 5.74) is 1.55. The molecule has 0 aromatic carbocycles. The van der Waals surface area contributed by atoms with Crippen molar-refractivity contribution in [3.05, 3.63) is 10.8 Å². The largest absolute Gasteiger partial charge is 0.307 e. The number of rotatable bonds is 6. The van der Waals surface area contributed by atoms with Gasteiger partial charge in [0.2, 0.25) is 0 Å². The Morgan fingerprint density at radius 3 is 2.31 bits per heavy atom. The molecule has 2 heteroatoms. The van der Waals surface area contributed by atoms with Gasteiger partial charge < -0.3 is 4.90 Å². The van der Waals surface area contributed by atoms with Crippen LogP contribution in [0, 0.1) is 0 Å². The van der Waals surface area contributed by atoms with E-state index in [1.165, 1.54) is 25.6 Å². The van der Waals surface area contributed by atoms with Crippen molar-refractivity contribution < 1.29 is 0 Å². The third kappa shape index (κ3) is 7.02. The van der Waals surface area contributed by atoms with E-state index in [1.54, 1.807) is 10.8 Å². The van der Waals surface area contributed by atoms with Crippen LogP contribution in [0.15, 0.2) is 10.8 Å². The first-order chi connectivity index (χ1) is 6.07. The number of hydrogen-bond acceptors (Lipinski definition) is 1. The number of allylic oxidation sites excluding steroid dienone is 2. The molecule has 0 radical (unpaired) electrons. The van der Waals surface area contributed by atoms with Gasteiger partial charge in [0.05, 0.1) is 0 Å². The molecule has 0 saturated heterocycles. The third-order valence-corrected chi connectivity index (χ3v) is 5.05. The van der Waals surface area contributed by atoms with Crippen LogP contribution < -0.4 is 0 Å². The molecule has 0 heterocycles. The summed E-state index contributed by atoms with van der Waals surface area (Å²) in [6.07, 6.45) is 1.39. The van der Waals surface area contributed by atoms with Crippen molar-refractivity contribution in [1.29, 1.82) is 0 Å². The first-order valence-electron chi connectivity index (χ1n) is 5.39. The molecule has 0 saturated carbocycles. The van der Waals surface area contributed by atoms with Crippen LogP contribution in [0.25, 0.3) is 0 Å². The van der Waals surface area contributed by atoms with Crippen LogP contribution in [-0.4, -0.2) is 34.6 Å². The fourth-order valence-corrected chi connectivity index (χ4v) is 2.68. The molecule has 0 aliphatic carbocycles. The minimum atomic E-state index is 0.0906. The van der Waals surface area contributed by atoms with Gasteiger partial charge in [0.1, 0.15) is 0 Å². The van der Waals surface area contributed by atoms with Gasteiger partial charge in [-0.2, -0.15) is 0 Å². The summed E-state index contributed by atoms with van der Waals surface area (Å²) in [6.45, 7) is 11.5. The highest BCUT2D eigenvalue weighted by atomic mass is 28.2. The van der Waals surface area contributed by atoms with Gasteiger partial charge in [-0.1, -0.05) is 23.7 Å². The molecule has 1 nitrogen and oxygen atoms in total. The molecule has 0 unspecified atom stereocenters. The number of nitrogens with zero attached hydrogens (tertiary/aromatic N) is 1. The van der Waals surface area contributed by atoms with Gasteiger partial charge in [0.25, 0.3) is 0 Å². The van der Waals surface area contributed by atoms with Crippen LogP contribution in [0.5, 0.6) is 0 Å². The van der Waals surface area contributed by atoms with E-state index < -0.39 is 0 Å². The maximum absolute atomic E-state index is 2.40. The molecular formula is C11H25NSi. The Hall–Kier alpha value is -0.0831. The van der Waals surface area contributed by atoms with Crippen molar-refractivity contribution in [3.8, 4) is 0 Å². The Labute approximate surface area is 86.0 Å². The Morgan fingerprint density at radius 1 is 1.23 bits per heavy atom. The molecule has 0 bridgehead atoms. The molecule has 0 aromatic rings. The van der Waals surface area contributed by atoms with Crippen LogP contribution in [0.4, 0.5) is 0 Å². The fourth-order valence-electron chi connectivity index (χ4n) is 1.18. The van der Waals surface area contributed by atoms with Gasteiger partial charge >= 0.3 is 0 Å². The topological polar surface area (TPSA) is 3.24 Å². The van der Waals surface area contributed by atoms with Gasteiger partial charge in [-0.15, -0.1) is 0 Å². The summed E-state index contributed by atoms with van der Waals surface area (Å²) in [6, 6.07) is 1.47. The highest BCUT2D eigenvalue weighted by molar-refractivity contribution is 6.45. The lowest BCUT2D eigenvalue weighted by atomic mass is 10.3. The lowest BCUT2D eigenvalue weighted by molar-refractivity contribution is 0.353. The van der Waals surface area contributed by atoms with Crippen LogP contribution in [0.3, 0.4) is 0 Å². The molecule has 78 valence electrons. The monoisotopic (exact) mass is 199 g/mol. The molecule has 0 N–H and O–H groups in total. The lowest BCUT2D eigenvalue weighted by Crippen LogP contribution is -2.19. The summed E-state index contributed by atoms with van der Waals surface area (Å²) in [7, 11) is 2.29. The highest BCUT2D eigenvalue weighted by Gasteiger charge is 1.96. The maximum atomic E-state index is 2.40. The fraction of sp³-hybridized carbons (Fsp3) is 0.818. The van der Waals surface area contributed by atoms with Gasteiger partial charge in [0, 0.05) is 9.52 Å². The van der Waals surface area contributed by atoms with E-state index in [0.717, 1.165) is 0 Å². The minimum absolute atomic E-state index is 0.0906. The average molecular weight is 199 g/mol. The molecule has 0 fully saturated rings. The van der Waals surface area contributed by atoms with Crippen molar-refractivity contribution in [2.45, 2.75) is 40.2 Å². The second-order valence-electron chi connectivity index (χ2n) is 4.13. The Kier molecular flexibility index (Phi) is 7.29. The van der Waals surface area contributed by atoms with E-state index in [9.17, 15) is 0 Å². The van der Waals surface area contributed by atoms with Gasteiger partial charge in [-0.05, 0) is 47.3 Å². The normalized spacial score (nSPS) is 11.5. The van der Waals surface area contributed by atoms with Crippen LogP contribution >= 0.6 is 0 Å². The molecule has 0 amide bonds. The van der Waals surface area contributed by atoms with E-state index in [0.29, 0.717) is 0 Å². The molecule has 0 spiro atoms. The minimum Gasteiger partial charge on any atom is -0.307 e. The van der Waals surface area contributed by atoms with E-state index >= 15 is 0 Å². The van der Waals surface area contributed by atoms with Crippen molar-refractivity contribution in [3.63, 3.8) is 0 Å². The highest BCUT2D eigenvalue weighted by Crippen LogP contribution is 2.03. The first kappa shape index (κ1) is 12.9. The van der Waals surface area contributed by atoms with Crippen molar-refractivity contribution >= 4 is 9.52 Å². The molecule has 13 heavy (non-hydrogen) atoms. The first-order valence-corrected chi connectivity index (χ1v) is 7.10.